The maximum absolute atomic E-state index is 13.0. The fourth-order valence-electron chi connectivity index (χ4n) is 4.41. The summed E-state index contributed by atoms with van der Waals surface area (Å²) in [7, 11) is 0. The van der Waals surface area contributed by atoms with Crippen molar-refractivity contribution in [3.63, 3.8) is 0 Å². The molecule has 2 fully saturated rings. The van der Waals surface area contributed by atoms with E-state index in [0.29, 0.717) is 58.7 Å². The number of aromatic nitrogens is 4. The summed E-state index contributed by atoms with van der Waals surface area (Å²) < 4.78 is 6.17. The van der Waals surface area contributed by atoms with Gasteiger partial charge in [0, 0.05) is 54.6 Å². The number of ketones is 1. The topological polar surface area (TPSA) is 125 Å². The fourth-order valence-corrected chi connectivity index (χ4v) is 4.70. The van der Waals surface area contributed by atoms with Gasteiger partial charge in [0.1, 0.15) is 5.60 Å². The summed E-state index contributed by atoms with van der Waals surface area (Å²) in [6, 6.07) is 9.31. The largest absolute Gasteiger partial charge is 0.444 e. The van der Waals surface area contributed by atoms with Crippen LogP contribution in [0.25, 0.3) is 0 Å². The highest BCUT2D eigenvalue weighted by atomic mass is 79.9. The molecule has 1 aliphatic carbocycles. The Balaban J connectivity index is 1.19. The molecule has 0 unspecified atom stereocenters. The summed E-state index contributed by atoms with van der Waals surface area (Å²) in [6.45, 7) is 6.68. The van der Waals surface area contributed by atoms with Crippen molar-refractivity contribution in [2.24, 2.45) is 5.92 Å². The number of rotatable bonds is 8. The van der Waals surface area contributed by atoms with Gasteiger partial charge in [-0.1, -0.05) is 12.1 Å². The quantitative estimate of drug-likeness (QED) is 0.270. The van der Waals surface area contributed by atoms with E-state index in [1.165, 1.54) is 12.8 Å². The molecular formula is C27H32BrN7O3. The first-order chi connectivity index (χ1) is 18.1. The first-order valence-corrected chi connectivity index (χ1v) is 13.7. The number of amides is 1. The monoisotopic (exact) mass is 581 g/mol. The average Bonchev–Trinajstić information content (AvgIpc) is 3.42. The number of aromatic amines is 1. The van der Waals surface area contributed by atoms with Crippen molar-refractivity contribution >= 4 is 51.1 Å². The minimum Gasteiger partial charge on any atom is -0.444 e. The summed E-state index contributed by atoms with van der Waals surface area (Å²) in [6.07, 6.45) is 4.89. The number of likely N-dealkylation sites (tertiary alicyclic amines) is 1. The van der Waals surface area contributed by atoms with Gasteiger partial charge in [0.2, 0.25) is 5.95 Å². The average molecular weight is 583 g/mol. The van der Waals surface area contributed by atoms with Crippen LogP contribution in [0.1, 0.15) is 68.4 Å². The summed E-state index contributed by atoms with van der Waals surface area (Å²) >= 11 is 3.49. The SMILES string of the molecule is CC(C)(C)OC(=O)N1CC[C@H](CC(=O)c2cccc(Nc3ncc(Br)c(Nc4cc(C5CC5)[nH]n4)n3)c2)C1. The lowest BCUT2D eigenvalue weighted by atomic mass is 9.97. The Hall–Kier alpha value is -3.47. The first kappa shape index (κ1) is 26.1. The second kappa shape index (κ2) is 10.7. The number of anilines is 4. The molecule has 5 rings (SSSR count). The van der Waals surface area contributed by atoms with Crippen LogP contribution in [-0.2, 0) is 4.74 Å². The van der Waals surface area contributed by atoms with E-state index in [9.17, 15) is 9.59 Å². The molecule has 3 heterocycles. The van der Waals surface area contributed by atoms with Crippen molar-refractivity contribution in [1.29, 1.82) is 0 Å². The maximum atomic E-state index is 13.0. The van der Waals surface area contributed by atoms with Gasteiger partial charge < -0.3 is 20.3 Å². The number of nitrogens with zero attached hydrogens (tertiary/aromatic N) is 4. The van der Waals surface area contributed by atoms with Crippen LogP contribution in [0.2, 0.25) is 0 Å². The number of Topliss-reactive ketones (excluding diaryl/α,β-unsaturated/α-hetero) is 1. The predicted molar refractivity (Wildman–Crippen MR) is 148 cm³/mol. The minimum atomic E-state index is -0.535. The molecule has 38 heavy (non-hydrogen) atoms. The van der Waals surface area contributed by atoms with E-state index < -0.39 is 5.60 Å². The molecule has 1 saturated carbocycles. The van der Waals surface area contributed by atoms with Crippen molar-refractivity contribution in [1.82, 2.24) is 25.1 Å². The Bertz CT molecular complexity index is 1330. The zero-order chi connectivity index (χ0) is 26.9. The lowest BCUT2D eigenvalue weighted by molar-refractivity contribution is 0.0286. The molecule has 2 aromatic heterocycles. The van der Waals surface area contributed by atoms with Crippen LogP contribution in [0, 0.1) is 5.92 Å². The van der Waals surface area contributed by atoms with E-state index in [2.05, 4.69) is 46.7 Å². The molecule has 200 valence electrons. The normalized spacial score (nSPS) is 17.4. The van der Waals surface area contributed by atoms with Crippen LogP contribution < -0.4 is 10.6 Å². The molecule has 2 aliphatic rings. The van der Waals surface area contributed by atoms with E-state index in [-0.39, 0.29) is 17.8 Å². The second-order valence-corrected chi connectivity index (χ2v) is 11.8. The Kier molecular flexibility index (Phi) is 7.38. The number of nitrogens with one attached hydrogen (secondary N) is 3. The smallest absolute Gasteiger partial charge is 0.410 e. The summed E-state index contributed by atoms with van der Waals surface area (Å²) in [5.74, 6) is 2.39. The number of halogens is 1. The molecular weight excluding hydrogens is 550 g/mol. The van der Waals surface area contributed by atoms with Gasteiger partial charge in [-0.05, 0) is 74.0 Å². The van der Waals surface area contributed by atoms with E-state index in [4.69, 9.17) is 4.74 Å². The van der Waals surface area contributed by atoms with Gasteiger partial charge >= 0.3 is 6.09 Å². The van der Waals surface area contributed by atoms with E-state index in [1.807, 2.05) is 39.0 Å². The maximum Gasteiger partial charge on any atom is 0.410 e. The molecule has 10 nitrogen and oxygen atoms in total. The number of hydrogen-bond acceptors (Lipinski definition) is 8. The third-order valence-corrected chi connectivity index (χ3v) is 7.04. The number of benzene rings is 1. The standard InChI is InChI=1S/C27H32BrN7O3/c1-27(2,3)38-26(37)35-10-9-16(15-35)11-22(36)18-5-4-6-19(12-18)30-25-29-14-20(28)24(32-25)31-23-13-21(33-34-23)17-7-8-17/h4-6,12-14,16-17H,7-11,15H2,1-3H3,(H3,29,30,31,32,33,34)/t16-/m1/s1. The van der Waals surface area contributed by atoms with Crippen molar-refractivity contribution < 1.29 is 14.3 Å². The molecule has 1 saturated heterocycles. The van der Waals surface area contributed by atoms with E-state index >= 15 is 0 Å². The fraction of sp³-hybridized carbons (Fsp3) is 0.444. The van der Waals surface area contributed by atoms with Gasteiger partial charge in [0.05, 0.1) is 4.47 Å². The second-order valence-electron chi connectivity index (χ2n) is 10.9. The molecule has 1 atom stereocenters. The van der Waals surface area contributed by atoms with Gasteiger partial charge in [0.15, 0.2) is 17.4 Å². The number of carbonyl (C=O) groups is 2. The van der Waals surface area contributed by atoms with Crippen LogP contribution in [0.4, 0.5) is 28.1 Å². The van der Waals surface area contributed by atoms with Gasteiger partial charge in [-0.25, -0.2) is 9.78 Å². The van der Waals surface area contributed by atoms with E-state index in [1.54, 1.807) is 23.2 Å². The minimum absolute atomic E-state index is 0.0359. The van der Waals surface area contributed by atoms with Gasteiger partial charge in [-0.15, -0.1) is 0 Å². The molecule has 0 radical (unpaired) electrons. The third kappa shape index (κ3) is 6.69. The number of H-pyrrole nitrogens is 1. The van der Waals surface area contributed by atoms with Crippen LogP contribution in [0.15, 0.2) is 41.0 Å². The molecule has 0 bridgehead atoms. The highest BCUT2D eigenvalue weighted by Gasteiger charge is 2.31. The van der Waals surface area contributed by atoms with Crippen LogP contribution in [0.3, 0.4) is 0 Å². The lowest BCUT2D eigenvalue weighted by Crippen LogP contribution is -2.35. The van der Waals surface area contributed by atoms with Crippen LogP contribution in [-0.4, -0.2) is 55.6 Å². The predicted octanol–water partition coefficient (Wildman–Crippen LogP) is 6.16. The number of ether oxygens (including phenoxy) is 1. The molecule has 11 heteroatoms. The highest BCUT2D eigenvalue weighted by Crippen LogP contribution is 2.40. The Morgan fingerprint density at radius 3 is 2.76 bits per heavy atom. The Morgan fingerprint density at radius 1 is 1.18 bits per heavy atom. The molecule has 0 spiro atoms. The molecule has 3 N–H and O–H groups in total. The van der Waals surface area contributed by atoms with Crippen molar-refractivity contribution in [2.45, 2.75) is 58.0 Å². The summed E-state index contributed by atoms with van der Waals surface area (Å²) in [5.41, 5.74) is 1.91. The van der Waals surface area contributed by atoms with E-state index in [0.717, 1.165) is 12.1 Å². The van der Waals surface area contributed by atoms with Gasteiger partial charge in [-0.3, -0.25) is 9.89 Å². The van der Waals surface area contributed by atoms with Gasteiger partial charge in [-0.2, -0.15) is 10.1 Å². The summed E-state index contributed by atoms with van der Waals surface area (Å²) in [5, 5.41) is 13.8. The Morgan fingerprint density at radius 2 is 2.00 bits per heavy atom. The summed E-state index contributed by atoms with van der Waals surface area (Å²) in [4.78, 5) is 36.0. The highest BCUT2D eigenvalue weighted by molar-refractivity contribution is 9.10. The molecule has 3 aromatic rings. The van der Waals surface area contributed by atoms with Crippen molar-refractivity contribution in [3.8, 4) is 0 Å². The van der Waals surface area contributed by atoms with Crippen molar-refractivity contribution in [3.05, 3.63) is 52.3 Å². The zero-order valence-corrected chi connectivity index (χ0v) is 23.3. The third-order valence-electron chi connectivity index (χ3n) is 6.46. The molecule has 1 aliphatic heterocycles. The number of carbonyl (C=O) groups excluding carboxylic acids is 2. The number of hydrogen-bond donors (Lipinski definition) is 3. The zero-order valence-electron chi connectivity index (χ0n) is 21.8. The lowest BCUT2D eigenvalue weighted by Gasteiger charge is -2.24. The first-order valence-electron chi connectivity index (χ1n) is 12.9. The Labute approximate surface area is 230 Å². The van der Waals surface area contributed by atoms with Gasteiger partial charge in [0.25, 0.3) is 0 Å². The molecule has 1 aromatic carbocycles. The van der Waals surface area contributed by atoms with Crippen molar-refractivity contribution in [2.75, 3.05) is 23.7 Å². The van der Waals surface area contributed by atoms with Crippen LogP contribution in [0.5, 0.6) is 0 Å². The molecule has 1 amide bonds. The van der Waals surface area contributed by atoms with Crippen LogP contribution >= 0.6 is 15.9 Å².